The third-order valence-corrected chi connectivity index (χ3v) is 9.60. The van der Waals surface area contributed by atoms with Gasteiger partial charge in [0.15, 0.2) is 0 Å². The summed E-state index contributed by atoms with van der Waals surface area (Å²) in [6, 6.07) is 6.14. The van der Waals surface area contributed by atoms with E-state index in [1.165, 1.54) is 0 Å². The van der Waals surface area contributed by atoms with Crippen molar-refractivity contribution in [3.05, 3.63) is 65.1 Å². The number of aliphatic hydroxyl groups excluding tert-OH is 1. The Bertz CT molecular complexity index is 1530. The van der Waals surface area contributed by atoms with Gasteiger partial charge in [0.05, 0.1) is 18.7 Å². The topological polar surface area (TPSA) is 151 Å². The van der Waals surface area contributed by atoms with Gasteiger partial charge >= 0.3 is 5.97 Å². The Hall–Kier alpha value is -3.89. The number of nitrogens with one attached hydrogen (secondary N) is 4. The zero-order valence-electron chi connectivity index (χ0n) is 29.8. The first-order valence-corrected chi connectivity index (χ1v) is 18.2. The van der Waals surface area contributed by atoms with E-state index in [1.807, 2.05) is 56.6 Å². The molecule has 0 aliphatic heterocycles. The molecule has 268 valence electrons. The van der Waals surface area contributed by atoms with Gasteiger partial charge in [-0.05, 0) is 92.8 Å². The van der Waals surface area contributed by atoms with Gasteiger partial charge in [-0.25, -0.2) is 4.79 Å². The summed E-state index contributed by atoms with van der Waals surface area (Å²) in [7, 11) is 0. The minimum atomic E-state index is -1.13. The predicted molar refractivity (Wildman–Crippen MR) is 195 cm³/mol. The van der Waals surface area contributed by atoms with Crippen molar-refractivity contribution in [2.75, 3.05) is 19.6 Å². The molecule has 0 spiro atoms. The number of fused-ring (bicyclic) bond motifs is 2. The van der Waals surface area contributed by atoms with Crippen molar-refractivity contribution >= 4 is 34.8 Å². The number of para-hydroxylation sites is 1. The summed E-state index contributed by atoms with van der Waals surface area (Å²) in [5.74, 6) is -2.22. The molecule has 0 radical (unpaired) electrons. The number of unbranched alkanes of at least 4 members (excludes halogenated alkanes) is 2. The van der Waals surface area contributed by atoms with Gasteiger partial charge < -0.3 is 30.8 Å². The summed E-state index contributed by atoms with van der Waals surface area (Å²) in [6.07, 6.45) is 13.7. The number of aromatic amines is 2. The molecule has 4 atom stereocenters. The Labute approximate surface area is 291 Å². The van der Waals surface area contributed by atoms with E-state index in [-0.39, 0.29) is 31.2 Å². The molecule has 4 rings (SSSR count). The molecular formula is C39H57N5O5. The molecule has 1 aromatic carbocycles. The van der Waals surface area contributed by atoms with Crippen LogP contribution >= 0.6 is 0 Å². The molecule has 0 fully saturated rings. The number of rotatable bonds is 21. The van der Waals surface area contributed by atoms with E-state index in [0.29, 0.717) is 12.8 Å². The van der Waals surface area contributed by atoms with Crippen LogP contribution in [0, 0.1) is 11.8 Å². The van der Waals surface area contributed by atoms with E-state index in [0.717, 1.165) is 84.9 Å². The molecule has 2 amide bonds. The van der Waals surface area contributed by atoms with E-state index in [2.05, 4.69) is 45.4 Å². The lowest BCUT2D eigenvalue weighted by Gasteiger charge is -2.30. The molecule has 0 bridgehead atoms. The first-order valence-electron chi connectivity index (χ1n) is 18.2. The Morgan fingerprint density at radius 3 is 2.35 bits per heavy atom. The maximum absolute atomic E-state index is 14.1. The van der Waals surface area contributed by atoms with Crippen molar-refractivity contribution < 1.29 is 24.6 Å². The number of aromatic nitrogens is 2. The molecular weight excluding hydrogens is 618 g/mol. The lowest BCUT2D eigenvalue weighted by Crippen LogP contribution is -2.50. The molecule has 1 aliphatic carbocycles. The minimum absolute atomic E-state index is 0.0646. The number of aliphatic carboxylic acids is 1. The van der Waals surface area contributed by atoms with Crippen LogP contribution in [0.15, 0.2) is 42.7 Å². The molecule has 4 unspecified atom stereocenters. The van der Waals surface area contributed by atoms with Crippen molar-refractivity contribution in [3.63, 3.8) is 0 Å². The second-order valence-corrected chi connectivity index (χ2v) is 14.1. The van der Waals surface area contributed by atoms with E-state index < -0.39 is 36.0 Å². The third-order valence-electron chi connectivity index (χ3n) is 9.60. The highest BCUT2D eigenvalue weighted by molar-refractivity contribution is 5.87. The van der Waals surface area contributed by atoms with Gasteiger partial charge in [0.2, 0.25) is 11.8 Å². The van der Waals surface area contributed by atoms with E-state index in [9.17, 15) is 24.6 Å². The number of hydrogen-bond acceptors (Lipinski definition) is 5. The molecule has 3 aromatic rings. The number of allylic oxidation sites excluding steroid dienone is 1. The largest absolute Gasteiger partial charge is 0.480 e. The van der Waals surface area contributed by atoms with Gasteiger partial charge in [-0.15, -0.1) is 0 Å². The van der Waals surface area contributed by atoms with Crippen LogP contribution in [0.1, 0.15) is 95.0 Å². The number of carbonyl (C=O) groups is 3. The fourth-order valence-corrected chi connectivity index (χ4v) is 6.89. The summed E-state index contributed by atoms with van der Waals surface area (Å²) in [5, 5.41) is 28.8. The summed E-state index contributed by atoms with van der Waals surface area (Å²) in [6.45, 7) is 10.3. The first kappa shape index (κ1) is 37.9. The van der Waals surface area contributed by atoms with Gasteiger partial charge in [-0.2, -0.15) is 0 Å². The van der Waals surface area contributed by atoms with E-state index in [1.54, 1.807) is 0 Å². The second kappa shape index (κ2) is 18.8. The minimum Gasteiger partial charge on any atom is -0.480 e. The van der Waals surface area contributed by atoms with Gasteiger partial charge in [0.25, 0.3) is 0 Å². The van der Waals surface area contributed by atoms with Crippen molar-refractivity contribution in [1.29, 1.82) is 0 Å². The standard InChI is InChI=1S/C39H57N5O5/c1-5-7-17-44(18-8-6-2)25-37(46)42-34(19-26(3)4)36(45)22-27(20-28-23-40-32-15-11-9-13-30(28)32)38(47)43-35(39(48)49)21-29-24-41-33-16-12-10-14-31(29)33/h9,11-13,15-16,23-24,26-27,34-36,40-41,45H,5-8,10,14,17-22,25H2,1-4H3,(H,42,46)(H,43,47)(H,48,49). The van der Waals surface area contributed by atoms with Gasteiger partial charge in [0.1, 0.15) is 6.04 Å². The smallest absolute Gasteiger partial charge is 0.326 e. The SMILES string of the molecule is CCCCN(CCCC)CC(=O)NC(CC(C)C)C(O)CC(Cc1c[nH]c2ccccc12)C(=O)NC(Cc1c[nH]c2c1CCC=C2)C(=O)O. The van der Waals surface area contributed by atoms with Crippen LogP contribution < -0.4 is 10.6 Å². The fourth-order valence-electron chi connectivity index (χ4n) is 6.89. The molecule has 0 saturated carbocycles. The molecule has 49 heavy (non-hydrogen) atoms. The quantitative estimate of drug-likeness (QED) is 0.0864. The average Bonchev–Trinajstić information content (AvgIpc) is 3.68. The number of carboxylic acids is 1. The van der Waals surface area contributed by atoms with Crippen LogP contribution in [-0.4, -0.2) is 80.7 Å². The Balaban J connectivity index is 1.53. The van der Waals surface area contributed by atoms with Crippen LogP contribution in [0.2, 0.25) is 0 Å². The highest BCUT2D eigenvalue weighted by Gasteiger charge is 2.32. The van der Waals surface area contributed by atoms with Crippen molar-refractivity contribution in [3.8, 4) is 0 Å². The number of benzene rings is 1. The van der Waals surface area contributed by atoms with E-state index >= 15 is 0 Å². The zero-order valence-corrected chi connectivity index (χ0v) is 29.8. The highest BCUT2D eigenvalue weighted by Crippen LogP contribution is 2.26. The molecule has 2 heterocycles. The number of aliphatic hydroxyl groups is 1. The third kappa shape index (κ3) is 11.1. The number of amides is 2. The van der Waals surface area contributed by atoms with Crippen molar-refractivity contribution in [2.24, 2.45) is 11.8 Å². The molecule has 6 N–H and O–H groups in total. The summed E-state index contributed by atoms with van der Waals surface area (Å²) < 4.78 is 0. The number of H-pyrrole nitrogens is 2. The van der Waals surface area contributed by atoms with E-state index in [4.69, 9.17) is 0 Å². The number of hydrogen-bond donors (Lipinski definition) is 6. The first-order chi connectivity index (χ1) is 23.6. The Kier molecular flexibility index (Phi) is 14.5. The Morgan fingerprint density at radius 1 is 0.939 bits per heavy atom. The van der Waals surface area contributed by atoms with Gasteiger partial charge in [-0.3, -0.25) is 14.5 Å². The fraction of sp³-hybridized carbons (Fsp3) is 0.564. The normalized spacial score (nSPS) is 15.2. The van der Waals surface area contributed by atoms with Crippen LogP contribution in [0.25, 0.3) is 17.0 Å². The maximum Gasteiger partial charge on any atom is 0.326 e. The van der Waals surface area contributed by atoms with Crippen LogP contribution in [-0.2, 0) is 33.6 Å². The molecule has 10 nitrogen and oxygen atoms in total. The van der Waals surface area contributed by atoms with Gasteiger partial charge in [0, 0.05) is 41.3 Å². The maximum atomic E-state index is 14.1. The van der Waals surface area contributed by atoms with Crippen molar-refractivity contribution in [2.45, 2.75) is 110 Å². The second-order valence-electron chi connectivity index (χ2n) is 14.1. The van der Waals surface area contributed by atoms with Crippen LogP contribution in [0.5, 0.6) is 0 Å². The zero-order chi connectivity index (χ0) is 35.3. The molecule has 0 saturated heterocycles. The predicted octanol–water partition coefficient (Wildman–Crippen LogP) is 5.61. The summed E-state index contributed by atoms with van der Waals surface area (Å²) in [5.41, 5.74) is 4.80. The monoisotopic (exact) mass is 675 g/mol. The van der Waals surface area contributed by atoms with Crippen molar-refractivity contribution in [1.82, 2.24) is 25.5 Å². The number of carbonyl (C=O) groups excluding carboxylic acids is 2. The molecule has 10 heteroatoms. The van der Waals surface area contributed by atoms with Gasteiger partial charge in [-0.1, -0.05) is 64.8 Å². The number of carboxylic acid groups (broad SMARTS) is 1. The highest BCUT2D eigenvalue weighted by atomic mass is 16.4. The van der Waals surface area contributed by atoms with Crippen LogP contribution in [0.3, 0.4) is 0 Å². The number of nitrogens with zero attached hydrogens (tertiary/aromatic N) is 1. The lowest BCUT2D eigenvalue weighted by molar-refractivity contribution is -0.142. The Morgan fingerprint density at radius 2 is 1.65 bits per heavy atom. The van der Waals surface area contributed by atoms with Crippen LogP contribution in [0.4, 0.5) is 0 Å². The average molecular weight is 676 g/mol. The summed E-state index contributed by atoms with van der Waals surface area (Å²) >= 11 is 0. The molecule has 2 aromatic heterocycles. The lowest BCUT2D eigenvalue weighted by atomic mass is 9.87. The summed E-state index contributed by atoms with van der Waals surface area (Å²) in [4.78, 5) is 48.6. The molecule has 1 aliphatic rings.